The molecule has 0 heterocycles. The average Bonchev–Trinajstić information content (AvgIpc) is 2.73. The van der Waals surface area contributed by atoms with E-state index in [0.29, 0.717) is 21.4 Å². The number of thioether (sulfide) groups is 1. The summed E-state index contributed by atoms with van der Waals surface area (Å²) in [5.74, 6) is -0.262. The lowest BCUT2D eigenvalue weighted by atomic mass is 10.1. The Kier molecular flexibility index (Phi) is 10.1. The third-order valence-electron chi connectivity index (χ3n) is 4.97. The first-order valence-electron chi connectivity index (χ1n) is 10.1. The number of hydrogen-bond donors (Lipinski definition) is 1. The summed E-state index contributed by atoms with van der Waals surface area (Å²) in [6, 6.07) is 10.8. The summed E-state index contributed by atoms with van der Waals surface area (Å²) in [5.41, 5.74) is 1.23. The molecule has 0 radical (unpaired) electrons. The van der Waals surface area contributed by atoms with E-state index >= 15 is 0 Å². The summed E-state index contributed by atoms with van der Waals surface area (Å²) < 4.78 is 14.2. The fourth-order valence-corrected chi connectivity index (χ4v) is 4.30. The fourth-order valence-electron chi connectivity index (χ4n) is 2.83. The molecule has 2 aromatic carbocycles. The summed E-state index contributed by atoms with van der Waals surface area (Å²) in [4.78, 5) is 27.1. The predicted octanol–water partition coefficient (Wildman–Crippen LogP) is 5.70. The van der Waals surface area contributed by atoms with Crippen molar-refractivity contribution < 1.29 is 14.0 Å². The number of nitrogens with zero attached hydrogens (tertiary/aromatic N) is 1. The van der Waals surface area contributed by atoms with Crippen molar-refractivity contribution in [3.8, 4) is 0 Å². The molecular formula is C23H27Cl2FN2O2S. The highest BCUT2D eigenvalue weighted by atomic mass is 35.5. The molecule has 1 N–H and O–H groups in total. The molecule has 0 saturated carbocycles. The summed E-state index contributed by atoms with van der Waals surface area (Å²) in [6.07, 6.45) is 0.775. The number of hydrogen-bond acceptors (Lipinski definition) is 3. The van der Waals surface area contributed by atoms with Crippen molar-refractivity contribution in [2.75, 3.05) is 5.75 Å². The number of nitrogens with one attached hydrogen (secondary N) is 1. The molecule has 8 heteroatoms. The quantitative estimate of drug-likeness (QED) is 0.470. The summed E-state index contributed by atoms with van der Waals surface area (Å²) in [5, 5.41) is 3.98. The van der Waals surface area contributed by atoms with Gasteiger partial charge in [0.05, 0.1) is 5.75 Å². The minimum absolute atomic E-state index is 0.0122. The van der Waals surface area contributed by atoms with E-state index in [1.807, 2.05) is 19.9 Å². The van der Waals surface area contributed by atoms with Crippen LogP contribution in [0.1, 0.15) is 38.3 Å². The maximum absolute atomic E-state index is 14.2. The second kappa shape index (κ2) is 12.3. The van der Waals surface area contributed by atoms with Gasteiger partial charge >= 0.3 is 0 Å². The van der Waals surface area contributed by atoms with Crippen molar-refractivity contribution in [2.45, 2.75) is 51.6 Å². The van der Waals surface area contributed by atoms with Gasteiger partial charge in [-0.1, -0.05) is 54.4 Å². The molecule has 0 saturated heterocycles. The maximum Gasteiger partial charge on any atom is 0.242 e. The van der Waals surface area contributed by atoms with Crippen molar-refractivity contribution in [1.29, 1.82) is 0 Å². The normalized spacial score (nSPS) is 12.8. The van der Waals surface area contributed by atoms with Gasteiger partial charge in [0.25, 0.3) is 0 Å². The van der Waals surface area contributed by atoms with Gasteiger partial charge in [0.15, 0.2) is 0 Å². The number of amides is 2. The highest BCUT2D eigenvalue weighted by Gasteiger charge is 2.27. The van der Waals surface area contributed by atoms with Gasteiger partial charge in [-0.05, 0) is 44.0 Å². The number of benzene rings is 2. The largest absolute Gasteiger partial charge is 0.352 e. The van der Waals surface area contributed by atoms with Crippen molar-refractivity contribution >= 4 is 46.8 Å². The molecule has 2 unspecified atom stereocenters. The molecule has 0 aliphatic heterocycles. The Balaban J connectivity index is 2.11. The Morgan fingerprint density at radius 2 is 1.84 bits per heavy atom. The summed E-state index contributed by atoms with van der Waals surface area (Å²) in [7, 11) is 0. The van der Waals surface area contributed by atoms with E-state index in [1.54, 1.807) is 37.3 Å². The number of carbonyl (C=O) groups is 2. The van der Waals surface area contributed by atoms with Crippen LogP contribution in [0.5, 0.6) is 0 Å². The molecule has 0 fully saturated rings. The molecule has 0 bridgehead atoms. The summed E-state index contributed by atoms with van der Waals surface area (Å²) >= 11 is 13.5. The Bertz CT molecular complexity index is 913. The smallest absolute Gasteiger partial charge is 0.242 e. The zero-order valence-corrected chi connectivity index (χ0v) is 20.2. The summed E-state index contributed by atoms with van der Waals surface area (Å²) in [6.45, 7) is 5.55. The number of halogens is 3. The number of carbonyl (C=O) groups excluding carboxylic acids is 2. The van der Waals surface area contributed by atoms with Gasteiger partial charge in [-0.2, -0.15) is 0 Å². The van der Waals surface area contributed by atoms with E-state index in [1.165, 1.54) is 22.7 Å². The molecule has 168 valence electrons. The predicted molar refractivity (Wildman–Crippen MR) is 127 cm³/mol. The molecule has 0 aliphatic rings. The lowest BCUT2D eigenvalue weighted by Crippen LogP contribution is -2.50. The van der Waals surface area contributed by atoms with E-state index < -0.39 is 11.9 Å². The van der Waals surface area contributed by atoms with Crippen molar-refractivity contribution in [3.63, 3.8) is 0 Å². The second-order valence-electron chi connectivity index (χ2n) is 7.34. The molecule has 31 heavy (non-hydrogen) atoms. The first kappa shape index (κ1) is 25.5. The average molecular weight is 485 g/mol. The van der Waals surface area contributed by atoms with E-state index in [2.05, 4.69) is 5.32 Å². The van der Waals surface area contributed by atoms with Gasteiger partial charge in [-0.25, -0.2) is 4.39 Å². The van der Waals surface area contributed by atoms with Crippen LogP contribution in [0.25, 0.3) is 0 Å². The van der Waals surface area contributed by atoms with Crippen LogP contribution in [-0.4, -0.2) is 34.6 Å². The van der Waals surface area contributed by atoms with Crippen LogP contribution in [-0.2, 0) is 21.9 Å². The van der Waals surface area contributed by atoms with Crippen LogP contribution >= 0.6 is 35.0 Å². The van der Waals surface area contributed by atoms with Crippen LogP contribution in [0.4, 0.5) is 4.39 Å². The maximum atomic E-state index is 14.2. The molecule has 4 nitrogen and oxygen atoms in total. The molecule has 2 amide bonds. The van der Waals surface area contributed by atoms with Crippen molar-refractivity contribution in [2.24, 2.45) is 0 Å². The zero-order valence-electron chi connectivity index (χ0n) is 17.8. The standard InChI is InChI=1S/C23H27Cl2FN2O2S/c1-4-15(2)27-23(30)16(3)28(12-17-7-5-6-8-21(17)26)22(29)14-31-13-18-9-10-19(24)11-20(18)25/h5-11,15-16H,4,12-14H2,1-3H3,(H,27,30). The Hall–Kier alpha value is -1.76. The van der Waals surface area contributed by atoms with Gasteiger partial charge in [0.2, 0.25) is 11.8 Å². The van der Waals surface area contributed by atoms with E-state index in [-0.39, 0.29) is 30.2 Å². The highest BCUT2D eigenvalue weighted by Crippen LogP contribution is 2.25. The monoisotopic (exact) mass is 484 g/mol. The third-order valence-corrected chi connectivity index (χ3v) is 6.52. The van der Waals surface area contributed by atoms with Crippen LogP contribution in [0.2, 0.25) is 10.0 Å². The van der Waals surface area contributed by atoms with Gasteiger partial charge in [-0.15, -0.1) is 11.8 Å². The van der Waals surface area contributed by atoms with Crippen molar-refractivity contribution in [3.05, 3.63) is 69.5 Å². The topological polar surface area (TPSA) is 49.4 Å². The van der Waals surface area contributed by atoms with Gasteiger partial charge < -0.3 is 10.2 Å². The van der Waals surface area contributed by atoms with E-state index in [0.717, 1.165) is 12.0 Å². The SMILES string of the molecule is CCC(C)NC(=O)C(C)N(Cc1ccccc1F)C(=O)CSCc1ccc(Cl)cc1Cl. The highest BCUT2D eigenvalue weighted by molar-refractivity contribution is 7.99. The molecule has 0 aliphatic carbocycles. The first-order valence-corrected chi connectivity index (χ1v) is 12.0. The van der Waals surface area contributed by atoms with E-state index in [9.17, 15) is 14.0 Å². The molecule has 2 rings (SSSR count). The van der Waals surface area contributed by atoms with Gasteiger partial charge in [0.1, 0.15) is 11.9 Å². The molecule has 2 atom stereocenters. The van der Waals surface area contributed by atoms with E-state index in [4.69, 9.17) is 23.2 Å². The van der Waals surface area contributed by atoms with Crippen LogP contribution < -0.4 is 5.32 Å². The zero-order chi connectivity index (χ0) is 23.0. The molecule has 2 aromatic rings. The Morgan fingerprint density at radius 3 is 2.48 bits per heavy atom. The van der Waals surface area contributed by atoms with Crippen LogP contribution in [0.15, 0.2) is 42.5 Å². The van der Waals surface area contributed by atoms with Gasteiger partial charge in [-0.3, -0.25) is 9.59 Å². The van der Waals surface area contributed by atoms with Gasteiger partial charge in [0, 0.05) is 33.9 Å². The molecule has 0 aromatic heterocycles. The minimum Gasteiger partial charge on any atom is -0.352 e. The molecule has 0 spiro atoms. The van der Waals surface area contributed by atoms with Crippen molar-refractivity contribution in [1.82, 2.24) is 10.2 Å². The lowest BCUT2D eigenvalue weighted by molar-refractivity contribution is -0.139. The first-order chi connectivity index (χ1) is 14.7. The van der Waals surface area contributed by atoms with Crippen LogP contribution in [0, 0.1) is 5.82 Å². The molecular weight excluding hydrogens is 458 g/mol. The Morgan fingerprint density at radius 1 is 1.13 bits per heavy atom. The fraction of sp³-hybridized carbons (Fsp3) is 0.391. The third kappa shape index (κ3) is 7.70. The number of rotatable bonds is 10. The lowest BCUT2D eigenvalue weighted by Gasteiger charge is -2.29. The Labute approximate surface area is 197 Å². The second-order valence-corrected chi connectivity index (χ2v) is 9.16. The van der Waals surface area contributed by atoms with Crippen LogP contribution in [0.3, 0.4) is 0 Å². The minimum atomic E-state index is -0.735.